The lowest BCUT2D eigenvalue weighted by Crippen LogP contribution is -2.28. The van der Waals surface area contributed by atoms with Crippen LogP contribution >= 0.6 is 0 Å². The number of hydrogen-bond donors (Lipinski definition) is 3. The molecule has 0 unspecified atom stereocenters. The average molecular weight is 479 g/mol. The molecule has 0 spiro atoms. The second kappa shape index (κ2) is 23.1. The van der Waals surface area contributed by atoms with Crippen LogP contribution < -0.4 is 10.6 Å². The SMILES string of the molecule is CCCCCCCCC=CCCCCCCCC(=O)OCc1ccc(CNCCNCCO)o1. The summed E-state index contributed by atoms with van der Waals surface area (Å²) >= 11 is 0. The van der Waals surface area contributed by atoms with E-state index in [4.69, 9.17) is 14.3 Å². The summed E-state index contributed by atoms with van der Waals surface area (Å²) in [6.45, 7) is 5.43. The minimum absolute atomic E-state index is 0.149. The number of aliphatic hydroxyl groups is 1. The Morgan fingerprint density at radius 2 is 1.47 bits per heavy atom. The number of carbonyl (C=O) groups is 1. The van der Waals surface area contributed by atoms with Crippen molar-refractivity contribution in [3.63, 3.8) is 0 Å². The van der Waals surface area contributed by atoms with Crippen LogP contribution in [0.25, 0.3) is 0 Å². The van der Waals surface area contributed by atoms with Crippen LogP contribution in [-0.4, -0.2) is 37.3 Å². The van der Waals surface area contributed by atoms with E-state index in [1.165, 1.54) is 70.6 Å². The molecule has 3 N–H and O–H groups in total. The number of aliphatic hydroxyl groups excluding tert-OH is 1. The predicted molar refractivity (Wildman–Crippen MR) is 140 cm³/mol. The molecule has 0 aliphatic heterocycles. The molecule has 0 aliphatic carbocycles. The zero-order chi connectivity index (χ0) is 24.5. The third-order valence-electron chi connectivity index (χ3n) is 5.80. The molecule has 0 radical (unpaired) electrons. The molecule has 0 atom stereocenters. The van der Waals surface area contributed by atoms with Crippen LogP contribution in [0.15, 0.2) is 28.7 Å². The first-order valence-electron chi connectivity index (χ1n) is 13.7. The van der Waals surface area contributed by atoms with Gasteiger partial charge in [-0.15, -0.1) is 0 Å². The molecule has 0 amide bonds. The van der Waals surface area contributed by atoms with Gasteiger partial charge in [-0.1, -0.05) is 70.4 Å². The fraction of sp³-hybridized carbons (Fsp3) is 0.750. The minimum Gasteiger partial charge on any atom is -0.461 e. The van der Waals surface area contributed by atoms with E-state index in [0.717, 1.165) is 31.7 Å². The first-order valence-corrected chi connectivity index (χ1v) is 13.7. The Morgan fingerprint density at radius 1 is 0.853 bits per heavy atom. The largest absolute Gasteiger partial charge is 0.461 e. The van der Waals surface area contributed by atoms with Crippen LogP contribution in [0.5, 0.6) is 0 Å². The Balaban J connectivity index is 1.90. The van der Waals surface area contributed by atoms with Crippen LogP contribution in [0.4, 0.5) is 0 Å². The minimum atomic E-state index is -0.149. The van der Waals surface area contributed by atoms with Crippen molar-refractivity contribution in [1.29, 1.82) is 0 Å². The maximum atomic E-state index is 11.9. The number of hydrogen-bond acceptors (Lipinski definition) is 6. The van der Waals surface area contributed by atoms with Gasteiger partial charge in [0, 0.05) is 26.1 Å². The van der Waals surface area contributed by atoms with Crippen molar-refractivity contribution in [2.75, 3.05) is 26.2 Å². The summed E-state index contributed by atoms with van der Waals surface area (Å²) in [5.74, 6) is 1.35. The molecule has 0 aromatic carbocycles. The third-order valence-corrected chi connectivity index (χ3v) is 5.80. The van der Waals surface area contributed by atoms with Crippen LogP contribution in [0.3, 0.4) is 0 Å². The third kappa shape index (κ3) is 18.8. The lowest BCUT2D eigenvalue weighted by Gasteiger charge is -2.04. The number of carbonyl (C=O) groups excluding carboxylic acids is 1. The molecule has 0 fully saturated rings. The molecular formula is C28H50N2O4. The van der Waals surface area contributed by atoms with Crippen molar-refractivity contribution in [1.82, 2.24) is 10.6 Å². The number of esters is 1. The van der Waals surface area contributed by atoms with E-state index in [1.54, 1.807) is 0 Å². The summed E-state index contributed by atoms with van der Waals surface area (Å²) < 4.78 is 11.0. The summed E-state index contributed by atoms with van der Waals surface area (Å²) in [6.07, 6.45) is 21.4. The maximum Gasteiger partial charge on any atom is 0.306 e. The first kappa shape index (κ1) is 30.4. The monoisotopic (exact) mass is 478 g/mol. The number of ether oxygens (including phenoxy) is 1. The van der Waals surface area contributed by atoms with Gasteiger partial charge >= 0.3 is 5.97 Å². The van der Waals surface area contributed by atoms with Gasteiger partial charge in [-0.25, -0.2) is 0 Å². The summed E-state index contributed by atoms with van der Waals surface area (Å²) in [6, 6.07) is 3.76. The molecule has 0 saturated carbocycles. The maximum absolute atomic E-state index is 11.9. The smallest absolute Gasteiger partial charge is 0.306 e. The number of furan rings is 1. The Hall–Kier alpha value is -1.63. The molecule has 196 valence electrons. The van der Waals surface area contributed by atoms with Crippen molar-refractivity contribution in [3.8, 4) is 0 Å². The molecule has 0 bridgehead atoms. The van der Waals surface area contributed by atoms with Crippen molar-refractivity contribution < 1.29 is 19.1 Å². The number of allylic oxidation sites excluding steroid dienone is 2. The van der Waals surface area contributed by atoms with Gasteiger partial charge in [0.1, 0.15) is 18.1 Å². The fourth-order valence-corrected chi connectivity index (χ4v) is 3.75. The van der Waals surface area contributed by atoms with E-state index in [-0.39, 0.29) is 19.2 Å². The second-order valence-corrected chi connectivity index (χ2v) is 9.01. The predicted octanol–water partition coefficient (Wildman–Crippen LogP) is 6.03. The van der Waals surface area contributed by atoms with Crippen molar-refractivity contribution in [3.05, 3.63) is 35.8 Å². The highest BCUT2D eigenvalue weighted by molar-refractivity contribution is 5.69. The van der Waals surface area contributed by atoms with Crippen LogP contribution in [0.2, 0.25) is 0 Å². The summed E-state index contributed by atoms with van der Waals surface area (Å²) in [7, 11) is 0. The van der Waals surface area contributed by atoms with E-state index in [2.05, 4.69) is 29.7 Å². The summed E-state index contributed by atoms with van der Waals surface area (Å²) in [4.78, 5) is 11.9. The average Bonchev–Trinajstić information content (AvgIpc) is 3.30. The molecule has 1 heterocycles. The van der Waals surface area contributed by atoms with Crippen LogP contribution in [-0.2, 0) is 22.7 Å². The Kier molecular flexibility index (Phi) is 20.7. The highest BCUT2D eigenvalue weighted by Gasteiger charge is 2.07. The highest BCUT2D eigenvalue weighted by atomic mass is 16.5. The van der Waals surface area contributed by atoms with Crippen molar-refractivity contribution in [2.24, 2.45) is 0 Å². The van der Waals surface area contributed by atoms with E-state index in [1.807, 2.05) is 12.1 Å². The van der Waals surface area contributed by atoms with Gasteiger partial charge in [-0.2, -0.15) is 0 Å². The van der Waals surface area contributed by atoms with Gasteiger partial charge in [0.2, 0.25) is 0 Å². The first-order chi connectivity index (χ1) is 16.8. The molecule has 0 aliphatic rings. The summed E-state index contributed by atoms with van der Waals surface area (Å²) in [5.41, 5.74) is 0. The standard InChI is InChI=1S/C28H50N2O4/c1-2-3-4-5-6-7-8-9-10-11-12-13-14-15-16-17-28(32)33-25-27-19-18-26(34-27)24-30-21-20-29-22-23-31/h9-10,18-19,29-31H,2-8,11-17,20-25H2,1H3. The van der Waals surface area contributed by atoms with Crippen molar-refractivity contribution >= 4 is 5.97 Å². The van der Waals surface area contributed by atoms with Gasteiger partial charge in [0.25, 0.3) is 0 Å². The van der Waals surface area contributed by atoms with Crippen LogP contribution in [0, 0.1) is 0 Å². The molecular weight excluding hydrogens is 428 g/mol. The van der Waals surface area contributed by atoms with Gasteiger partial charge < -0.3 is 24.9 Å². The van der Waals surface area contributed by atoms with Gasteiger partial charge in [0.05, 0.1) is 13.2 Å². The highest BCUT2D eigenvalue weighted by Crippen LogP contribution is 2.12. The Morgan fingerprint density at radius 3 is 2.18 bits per heavy atom. The molecule has 34 heavy (non-hydrogen) atoms. The van der Waals surface area contributed by atoms with Gasteiger partial charge in [0.15, 0.2) is 0 Å². The normalized spacial score (nSPS) is 11.5. The van der Waals surface area contributed by atoms with Crippen LogP contribution in [0.1, 0.15) is 108 Å². The number of nitrogens with one attached hydrogen (secondary N) is 2. The second-order valence-electron chi connectivity index (χ2n) is 9.01. The zero-order valence-electron chi connectivity index (χ0n) is 21.6. The van der Waals surface area contributed by atoms with E-state index in [9.17, 15) is 4.79 Å². The summed E-state index contributed by atoms with van der Waals surface area (Å²) in [5, 5.41) is 15.1. The number of rotatable bonds is 24. The topological polar surface area (TPSA) is 83.7 Å². The molecule has 1 aromatic rings. The number of unbranched alkanes of at least 4 members (excludes halogenated alkanes) is 11. The van der Waals surface area contributed by atoms with E-state index >= 15 is 0 Å². The molecule has 6 heteroatoms. The molecule has 0 saturated heterocycles. The van der Waals surface area contributed by atoms with Gasteiger partial charge in [-0.3, -0.25) is 4.79 Å². The zero-order valence-corrected chi connectivity index (χ0v) is 21.6. The molecule has 6 nitrogen and oxygen atoms in total. The van der Waals surface area contributed by atoms with Gasteiger partial charge in [-0.05, 0) is 44.2 Å². The molecule has 1 aromatic heterocycles. The lowest BCUT2D eigenvalue weighted by atomic mass is 10.1. The molecule has 1 rings (SSSR count). The van der Waals surface area contributed by atoms with E-state index < -0.39 is 0 Å². The Labute approximate surface area is 207 Å². The Bertz CT molecular complexity index is 615. The quantitative estimate of drug-likeness (QED) is 0.0955. The lowest BCUT2D eigenvalue weighted by molar-refractivity contribution is -0.145. The van der Waals surface area contributed by atoms with Crippen molar-refractivity contribution in [2.45, 2.75) is 110 Å². The fourth-order valence-electron chi connectivity index (χ4n) is 3.75. The van der Waals surface area contributed by atoms with E-state index in [0.29, 0.717) is 25.3 Å².